The molecule has 0 unspecified atom stereocenters. The summed E-state index contributed by atoms with van der Waals surface area (Å²) in [6.07, 6.45) is 1.63. The molecule has 1 amide bonds. The second-order valence-corrected chi connectivity index (χ2v) is 6.74. The Bertz CT molecular complexity index is 872. The molecule has 0 aliphatic heterocycles. The molecule has 0 spiro atoms. The van der Waals surface area contributed by atoms with E-state index in [1.54, 1.807) is 0 Å². The molecule has 0 saturated heterocycles. The molecule has 0 radical (unpaired) electrons. The summed E-state index contributed by atoms with van der Waals surface area (Å²) >= 11 is 0. The Balaban J connectivity index is 2.26. The molecule has 0 aliphatic carbocycles. The average molecular weight is 385 g/mol. The predicted octanol–water partition coefficient (Wildman–Crippen LogP) is 4.17. The first-order valence-electron chi connectivity index (χ1n) is 9.42. The van der Waals surface area contributed by atoms with Crippen LogP contribution in [0.2, 0.25) is 0 Å². The Morgan fingerprint density at radius 1 is 0.828 bits per heavy atom. The van der Waals surface area contributed by atoms with Crippen LogP contribution in [0.5, 0.6) is 0 Å². The number of aliphatic carboxylic acids is 1. The number of rotatable bonds is 8. The number of hydrogen-bond acceptors (Lipinski definition) is 2. The van der Waals surface area contributed by atoms with Crippen molar-refractivity contribution < 1.29 is 14.7 Å². The number of carboxylic acids is 1. The highest BCUT2D eigenvalue weighted by Gasteiger charge is 2.44. The Morgan fingerprint density at radius 3 is 1.52 bits per heavy atom. The number of hydrogen-bond donors (Lipinski definition) is 2. The van der Waals surface area contributed by atoms with E-state index in [0.29, 0.717) is 0 Å². The van der Waals surface area contributed by atoms with E-state index in [4.69, 9.17) is 0 Å². The zero-order valence-corrected chi connectivity index (χ0v) is 16.0. The van der Waals surface area contributed by atoms with E-state index in [-0.39, 0.29) is 6.42 Å². The number of benzene rings is 3. The first kappa shape index (κ1) is 20.1. The highest BCUT2D eigenvalue weighted by molar-refractivity contribution is 5.98. The summed E-state index contributed by atoms with van der Waals surface area (Å²) in [5.41, 5.74) is 1.09. The smallest absolute Gasteiger partial charge is 0.326 e. The lowest BCUT2D eigenvalue weighted by Gasteiger charge is -2.35. The monoisotopic (exact) mass is 385 g/mol. The highest BCUT2D eigenvalue weighted by Crippen LogP contribution is 2.39. The summed E-state index contributed by atoms with van der Waals surface area (Å²) in [7, 11) is 0. The fourth-order valence-electron chi connectivity index (χ4n) is 3.61. The Morgan fingerprint density at radius 2 is 1.21 bits per heavy atom. The second kappa shape index (κ2) is 9.02. The molecule has 0 saturated carbocycles. The lowest BCUT2D eigenvalue weighted by atomic mass is 9.68. The van der Waals surface area contributed by atoms with Crippen molar-refractivity contribution >= 4 is 11.9 Å². The zero-order valence-electron chi connectivity index (χ0n) is 16.0. The summed E-state index contributed by atoms with van der Waals surface area (Å²) in [5, 5.41) is 12.3. The molecular weight excluding hydrogens is 362 g/mol. The van der Waals surface area contributed by atoms with Gasteiger partial charge in [0.25, 0.3) is 0 Å². The maximum atomic E-state index is 13.8. The first-order chi connectivity index (χ1) is 14.1. The minimum atomic E-state index is -1.20. The Hall–Kier alpha value is -3.66. The van der Waals surface area contributed by atoms with Crippen LogP contribution in [-0.4, -0.2) is 23.0 Å². The molecule has 0 heterocycles. The molecule has 3 aromatic rings. The molecule has 1 atom stereocenters. The molecular formula is C25H23NO3. The number of carbonyl (C=O) groups is 2. The summed E-state index contributed by atoms with van der Waals surface area (Å²) in [6.45, 7) is 3.61. The van der Waals surface area contributed by atoms with E-state index in [1.165, 1.54) is 6.08 Å². The molecule has 4 nitrogen and oxygen atoms in total. The van der Waals surface area contributed by atoms with E-state index in [2.05, 4.69) is 11.9 Å². The number of carboxylic acid groups (broad SMARTS) is 1. The van der Waals surface area contributed by atoms with Crippen LogP contribution in [0.15, 0.2) is 104 Å². The number of amides is 1. The van der Waals surface area contributed by atoms with Gasteiger partial charge in [-0.25, -0.2) is 4.79 Å². The molecule has 146 valence electrons. The first-order valence-corrected chi connectivity index (χ1v) is 9.42. The van der Waals surface area contributed by atoms with Gasteiger partial charge in [-0.3, -0.25) is 4.79 Å². The maximum Gasteiger partial charge on any atom is 0.326 e. The van der Waals surface area contributed by atoms with E-state index in [0.717, 1.165) is 16.7 Å². The van der Waals surface area contributed by atoms with Crippen LogP contribution in [0.4, 0.5) is 0 Å². The summed E-state index contributed by atoms with van der Waals surface area (Å²) in [4.78, 5) is 25.5. The van der Waals surface area contributed by atoms with Gasteiger partial charge in [0.05, 0.1) is 0 Å². The van der Waals surface area contributed by atoms with E-state index in [1.807, 2.05) is 91.0 Å². The van der Waals surface area contributed by atoms with E-state index < -0.39 is 23.3 Å². The van der Waals surface area contributed by atoms with E-state index in [9.17, 15) is 14.7 Å². The minimum Gasteiger partial charge on any atom is -0.480 e. The summed E-state index contributed by atoms with van der Waals surface area (Å²) in [5.74, 6) is -1.49. The third-order valence-corrected chi connectivity index (χ3v) is 4.97. The van der Waals surface area contributed by atoms with Crippen LogP contribution >= 0.6 is 0 Å². The van der Waals surface area contributed by atoms with Gasteiger partial charge in [0, 0.05) is 0 Å². The largest absolute Gasteiger partial charge is 0.480 e. The lowest BCUT2D eigenvalue weighted by Crippen LogP contribution is -2.51. The molecule has 29 heavy (non-hydrogen) atoms. The van der Waals surface area contributed by atoms with Gasteiger partial charge >= 0.3 is 5.97 Å². The van der Waals surface area contributed by atoms with Crippen molar-refractivity contribution in [2.75, 3.05) is 0 Å². The second-order valence-electron chi connectivity index (χ2n) is 6.74. The van der Waals surface area contributed by atoms with Crippen LogP contribution in [0.25, 0.3) is 0 Å². The van der Waals surface area contributed by atoms with Crippen LogP contribution in [0.1, 0.15) is 23.1 Å². The summed E-state index contributed by atoms with van der Waals surface area (Å²) < 4.78 is 0. The van der Waals surface area contributed by atoms with Crippen molar-refractivity contribution in [1.82, 2.24) is 5.32 Å². The molecule has 3 rings (SSSR count). The highest BCUT2D eigenvalue weighted by atomic mass is 16.4. The topological polar surface area (TPSA) is 66.4 Å². The minimum absolute atomic E-state index is 0.134. The number of nitrogens with one attached hydrogen (secondary N) is 1. The third kappa shape index (κ3) is 3.97. The maximum absolute atomic E-state index is 13.8. The standard InChI is InChI=1S/C25H23NO3/c1-2-12-22(23(27)28)26-24(29)25(19-13-6-3-7-14-19,20-15-8-4-9-16-20)21-17-10-5-11-18-21/h2-11,13-18,22H,1,12H2,(H,26,29)(H,27,28)/t22-/m1/s1. The Labute approximate surface area is 170 Å². The SMILES string of the molecule is C=CC[C@@H](NC(=O)C(c1ccccc1)(c1ccccc1)c1ccccc1)C(=O)O. The lowest BCUT2D eigenvalue weighted by molar-refractivity contribution is -0.142. The molecule has 2 N–H and O–H groups in total. The zero-order chi connectivity index (χ0) is 20.7. The quantitative estimate of drug-likeness (QED) is 0.452. The fraction of sp³-hybridized carbons (Fsp3) is 0.120. The van der Waals surface area contributed by atoms with Crippen LogP contribution in [-0.2, 0) is 15.0 Å². The molecule has 0 fully saturated rings. The van der Waals surface area contributed by atoms with Crippen LogP contribution in [0.3, 0.4) is 0 Å². The van der Waals surface area contributed by atoms with E-state index >= 15 is 0 Å². The van der Waals surface area contributed by atoms with Crippen molar-refractivity contribution in [2.24, 2.45) is 0 Å². The number of carbonyl (C=O) groups excluding carboxylic acids is 1. The van der Waals surface area contributed by atoms with Gasteiger partial charge in [-0.15, -0.1) is 6.58 Å². The Kier molecular flexibility index (Phi) is 6.25. The van der Waals surface area contributed by atoms with Gasteiger partial charge in [-0.05, 0) is 23.1 Å². The molecule has 0 aliphatic rings. The van der Waals surface area contributed by atoms with Crippen molar-refractivity contribution in [1.29, 1.82) is 0 Å². The molecule has 4 heteroatoms. The van der Waals surface area contributed by atoms with Gasteiger partial charge < -0.3 is 10.4 Å². The predicted molar refractivity (Wildman–Crippen MR) is 114 cm³/mol. The van der Waals surface area contributed by atoms with Gasteiger partial charge in [0.15, 0.2) is 0 Å². The van der Waals surface area contributed by atoms with Gasteiger partial charge in [0.1, 0.15) is 11.5 Å². The van der Waals surface area contributed by atoms with Crippen molar-refractivity contribution in [2.45, 2.75) is 17.9 Å². The van der Waals surface area contributed by atoms with Crippen LogP contribution in [0, 0.1) is 0 Å². The molecule has 0 aromatic heterocycles. The van der Waals surface area contributed by atoms with Gasteiger partial charge in [-0.2, -0.15) is 0 Å². The van der Waals surface area contributed by atoms with Crippen molar-refractivity contribution in [3.05, 3.63) is 120 Å². The summed E-state index contributed by atoms with van der Waals surface area (Å²) in [6, 6.07) is 27.2. The molecule has 3 aromatic carbocycles. The average Bonchev–Trinajstić information content (AvgIpc) is 2.76. The van der Waals surface area contributed by atoms with Gasteiger partial charge in [-0.1, -0.05) is 97.1 Å². The van der Waals surface area contributed by atoms with Crippen molar-refractivity contribution in [3.63, 3.8) is 0 Å². The van der Waals surface area contributed by atoms with Crippen LogP contribution < -0.4 is 5.32 Å². The molecule has 0 bridgehead atoms. The third-order valence-electron chi connectivity index (χ3n) is 4.97. The fourth-order valence-corrected chi connectivity index (χ4v) is 3.61. The van der Waals surface area contributed by atoms with Gasteiger partial charge in [0.2, 0.25) is 5.91 Å². The normalized spacial score (nSPS) is 12.0. The van der Waals surface area contributed by atoms with Crippen molar-refractivity contribution in [3.8, 4) is 0 Å².